The highest BCUT2D eigenvalue weighted by Gasteiger charge is 2.14. The molecule has 0 amide bonds. The summed E-state index contributed by atoms with van der Waals surface area (Å²) in [6.45, 7) is 1.92. The number of benzene rings is 1. The van der Waals surface area contributed by atoms with E-state index in [0.717, 1.165) is 11.1 Å². The first-order valence-corrected chi connectivity index (χ1v) is 6.54. The number of hydrogen-bond donors (Lipinski definition) is 1. The smallest absolute Gasteiger partial charge is 0.123 e. The van der Waals surface area contributed by atoms with Crippen LogP contribution in [0.2, 0.25) is 10.0 Å². The Kier molecular flexibility index (Phi) is 4.40. The molecular formula is C14H13Cl2FN2. The van der Waals surface area contributed by atoms with Crippen molar-refractivity contribution in [2.75, 3.05) is 0 Å². The van der Waals surface area contributed by atoms with Crippen LogP contribution in [-0.4, -0.2) is 4.98 Å². The van der Waals surface area contributed by atoms with Gasteiger partial charge in [-0.1, -0.05) is 29.3 Å². The van der Waals surface area contributed by atoms with Gasteiger partial charge in [-0.15, -0.1) is 0 Å². The molecule has 2 N–H and O–H groups in total. The Labute approximate surface area is 121 Å². The summed E-state index contributed by atoms with van der Waals surface area (Å²) in [6.07, 6.45) is 1.97. The highest BCUT2D eigenvalue weighted by molar-refractivity contribution is 6.34. The summed E-state index contributed by atoms with van der Waals surface area (Å²) < 4.78 is 13.2. The predicted molar refractivity (Wildman–Crippen MR) is 76.0 cm³/mol. The van der Waals surface area contributed by atoms with Gasteiger partial charge in [-0.25, -0.2) is 4.39 Å². The Morgan fingerprint density at radius 2 is 2.05 bits per heavy atom. The van der Waals surface area contributed by atoms with Crippen molar-refractivity contribution in [1.29, 1.82) is 0 Å². The zero-order valence-corrected chi connectivity index (χ0v) is 11.8. The van der Waals surface area contributed by atoms with Gasteiger partial charge in [-0.2, -0.15) is 0 Å². The molecular weight excluding hydrogens is 286 g/mol. The lowest BCUT2D eigenvalue weighted by Crippen LogP contribution is -2.16. The Morgan fingerprint density at radius 1 is 1.32 bits per heavy atom. The molecule has 0 saturated heterocycles. The van der Waals surface area contributed by atoms with E-state index in [1.165, 1.54) is 18.3 Å². The third-order valence-electron chi connectivity index (χ3n) is 2.94. The second-order valence-electron chi connectivity index (χ2n) is 4.40. The summed E-state index contributed by atoms with van der Waals surface area (Å²) in [7, 11) is 0. The van der Waals surface area contributed by atoms with Crippen molar-refractivity contribution in [3.05, 3.63) is 63.1 Å². The Hall–Kier alpha value is -1.16. The molecule has 2 nitrogen and oxygen atoms in total. The molecule has 1 aromatic carbocycles. The molecule has 0 fully saturated rings. The lowest BCUT2D eigenvalue weighted by atomic mass is 9.99. The number of nitrogens with zero attached hydrogens (tertiary/aromatic N) is 1. The van der Waals surface area contributed by atoms with Crippen molar-refractivity contribution < 1.29 is 4.39 Å². The quantitative estimate of drug-likeness (QED) is 0.927. The lowest BCUT2D eigenvalue weighted by Gasteiger charge is -2.14. The number of rotatable bonds is 3. The van der Waals surface area contributed by atoms with E-state index in [4.69, 9.17) is 28.9 Å². The molecule has 0 aliphatic rings. The highest BCUT2D eigenvalue weighted by atomic mass is 35.5. The van der Waals surface area contributed by atoms with Crippen molar-refractivity contribution in [2.45, 2.75) is 19.4 Å². The predicted octanol–water partition coefficient (Wildman–Crippen LogP) is 4.08. The van der Waals surface area contributed by atoms with Crippen LogP contribution in [0.4, 0.5) is 4.39 Å². The summed E-state index contributed by atoms with van der Waals surface area (Å²) in [6, 6.07) is 5.85. The molecule has 1 unspecified atom stereocenters. The van der Waals surface area contributed by atoms with Gasteiger partial charge >= 0.3 is 0 Å². The molecule has 2 aromatic rings. The minimum Gasteiger partial charge on any atom is -0.322 e. The van der Waals surface area contributed by atoms with Crippen molar-refractivity contribution in [2.24, 2.45) is 5.73 Å². The summed E-state index contributed by atoms with van der Waals surface area (Å²) >= 11 is 11.9. The van der Waals surface area contributed by atoms with E-state index >= 15 is 0 Å². The maximum Gasteiger partial charge on any atom is 0.123 e. The molecule has 0 aliphatic carbocycles. The standard InChI is InChI=1S/C14H13Cl2FN2/c1-8-2-3-11(17)4-9(8)5-13(18)14-12(16)6-10(15)7-19-14/h2-4,6-7,13H,5,18H2,1H3. The second-order valence-corrected chi connectivity index (χ2v) is 5.25. The summed E-state index contributed by atoms with van der Waals surface area (Å²) in [5.41, 5.74) is 8.48. The molecule has 1 heterocycles. The minimum atomic E-state index is -0.398. The van der Waals surface area contributed by atoms with Crippen LogP contribution in [0, 0.1) is 12.7 Å². The minimum absolute atomic E-state index is 0.275. The molecule has 1 atom stereocenters. The van der Waals surface area contributed by atoms with Gasteiger partial charge in [0.2, 0.25) is 0 Å². The van der Waals surface area contributed by atoms with E-state index in [-0.39, 0.29) is 5.82 Å². The van der Waals surface area contributed by atoms with Gasteiger partial charge in [0.05, 0.1) is 21.8 Å². The highest BCUT2D eigenvalue weighted by Crippen LogP contribution is 2.25. The second kappa shape index (κ2) is 5.87. The van der Waals surface area contributed by atoms with Gasteiger partial charge in [-0.05, 0) is 42.7 Å². The van der Waals surface area contributed by atoms with E-state index in [9.17, 15) is 4.39 Å². The van der Waals surface area contributed by atoms with Crippen LogP contribution in [-0.2, 0) is 6.42 Å². The zero-order chi connectivity index (χ0) is 14.0. The van der Waals surface area contributed by atoms with E-state index in [0.29, 0.717) is 22.2 Å². The Bertz CT molecular complexity index is 602. The molecule has 5 heteroatoms. The van der Waals surface area contributed by atoms with Gasteiger partial charge < -0.3 is 5.73 Å². The number of aromatic nitrogens is 1. The monoisotopic (exact) mass is 298 g/mol. The molecule has 2 rings (SSSR count). The molecule has 19 heavy (non-hydrogen) atoms. The fraction of sp³-hybridized carbons (Fsp3) is 0.214. The summed E-state index contributed by atoms with van der Waals surface area (Å²) in [5, 5.41) is 0.886. The van der Waals surface area contributed by atoms with Crippen LogP contribution in [0.15, 0.2) is 30.5 Å². The van der Waals surface area contributed by atoms with Crippen molar-refractivity contribution >= 4 is 23.2 Å². The van der Waals surface area contributed by atoms with E-state index in [1.807, 2.05) is 6.92 Å². The lowest BCUT2D eigenvalue weighted by molar-refractivity contribution is 0.619. The number of halogens is 3. The summed E-state index contributed by atoms with van der Waals surface area (Å²) in [4.78, 5) is 4.14. The first-order valence-electron chi connectivity index (χ1n) is 5.79. The van der Waals surface area contributed by atoms with Gasteiger partial charge in [0.25, 0.3) is 0 Å². The summed E-state index contributed by atoms with van der Waals surface area (Å²) in [5.74, 6) is -0.275. The van der Waals surface area contributed by atoms with Crippen LogP contribution >= 0.6 is 23.2 Å². The molecule has 0 aliphatic heterocycles. The Balaban J connectivity index is 2.25. The van der Waals surface area contributed by atoms with Crippen LogP contribution in [0.5, 0.6) is 0 Å². The maximum absolute atomic E-state index is 13.2. The normalized spacial score (nSPS) is 12.5. The first-order chi connectivity index (χ1) is 8.97. The fourth-order valence-corrected chi connectivity index (χ4v) is 2.41. The molecule has 1 aromatic heterocycles. The van der Waals surface area contributed by atoms with Crippen LogP contribution < -0.4 is 5.73 Å². The molecule has 0 bridgehead atoms. The average Bonchev–Trinajstić information content (AvgIpc) is 2.33. The van der Waals surface area contributed by atoms with E-state index in [2.05, 4.69) is 4.98 Å². The third kappa shape index (κ3) is 3.44. The van der Waals surface area contributed by atoms with Gasteiger partial charge in [0.15, 0.2) is 0 Å². The maximum atomic E-state index is 13.2. The number of aryl methyl sites for hydroxylation is 1. The molecule has 0 spiro atoms. The molecule has 0 saturated carbocycles. The van der Waals surface area contributed by atoms with Crippen molar-refractivity contribution in [3.63, 3.8) is 0 Å². The van der Waals surface area contributed by atoms with Gasteiger partial charge in [0, 0.05) is 6.20 Å². The van der Waals surface area contributed by atoms with Gasteiger partial charge in [-0.3, -0.25) is 4.98 Å². The molecule has 0 radical (unpaired) electrons. The zero-order valence-electron chi connectivity index (χ0n) is 10.3. The Morgan fingerprint density at radius 3 is 2.74 bits per heavy atom. The first kappa shape index (κ1) is 14.3. The number of nitrogens with two attached hydrogens (primary N) is 1. The van der Waals surface area contributed by atoms with Crippen LogP contribution in [0.1, 0.15) is 22.9 Å². The third-order valence-corrected chi connectivity index (χ3v) is 3.45. The van der Waals surface area contributed by atoms with Crippen molar-refractivity contribution in [3.8, 4) is 0 Å². The average molecular weight is 299 g/mol. The number of hydrogen-bond acceptors (Lipinski definition) is 2. The van der Waals surface area contributed by atoms with Crippen LogP contribution in [0.25, 0.3) is 0 Å². The van der Waals surface area contributed by atoms with E-state index < -0.39 is 6.04 Å². The van der Waals surface area contributed by atoms with Crippen LogP contribution in [0.3, 0.4) is 0 Å². The SMILES string of the molecule is Cc1ccc(F)cc1CC(N)c1ncc(Cl)cc1Cl. The van der Waals surface area contributed by atoms with Crippen molar-refractivity contribution in [1.82, 2.24) is 4.98 Å². The van der Waals surface area contributed by atoms with E-state index in [1.54, 1.807) is 12.1 Å². The number of pyridine rings is 1. The topological polar surface area (TPSA) is 38.9 Å². The molecule has 100 valence electrons. The van der Waals surface area contributed by atoms with Gasteiger partial charge in [0.1, 0.15) is 5.82 Å². The largest absolute Gasteiger partial charge is 0.322 e. The fourth-order valence-electron chi connectivity index (χ4n) is 1.89.